The Morgan fingerprint density at radius 3 is 2.52 bits per heavy atom. The van der Waals surface area contributed by atoms with Gasteiger partial charge < -0.3 is 5.32 Å². The number of benzene rings is 1. The van der Waals surface area contributed by atoms with Crippen molar-refractivity contribution in [3.8, 4) is 0 Å². The molecular formula is C20H20N4O2S3. The number of nitrogens with zero attached hydrogens (tertiary/aromatic N) is 3. The zero-order valence-corrected chi connectivity index (χ0v) is 18.1. The molecule has 2 amide bonds. The van der Waals surface area contributed by atoms with Gasteiger partial charge in [0, 0.05) is 23.7 Å². The molecule has 2 aromatic heterocycles. The van der Waals surface area contributed by atoms with Crippen LogP contribution < -0.4 is 5.32 Å². The number of hydrogen-bond acceptors (Lipinski definition) is 8. The van der Waals surface area contributed by atoms with E-state index in [0.29, 0.717) is 17.7 Å². The van der Waals surface area contributed by atoms with Crippen molar-refractivity contribution in [2.24, 2.45) is 0 Å². The quantitative estimate of drug-likeness (QED) is 0.283. The Morgan fingerprint density at radius 1 is 1.00 bits per heavy atom. The number of hydrogen-bond donors (Lipinski definition) is 1. The summed E-state index contributed by atoms with van der Waals surface area (Å²) in [5.41, 5.74) is 1.03. The van der Waals surface area contributed by atoms with E-state index in [9.17, 15) is 9.59 Å². The Hall–Kier alpha value is -2.23. The third-order valence-corrected chi connectivity index (χ3v) is 7.55. The van der Waals surface area contributed by atoms with Gasteiger partial charge in [-0.25, -0.2) is 0 Å². The van der Waals surface area contributed by atoms with Crippen molar-refractivity contribution in [1.29, 1.82) is 0 Å². The fourth-order valence-corrected chi connectivity index (χ4v) is 5.62. The first-order chi connectivity index (χ1) is 14.2. The number of nitrogens with one attached hydrogen (secondary N) is 1. The van der Waals surface area contributed by atoms with Crippen LogP contribution in [-0.4, -0.2) is 45.8 Å². The van der Waals surface area contributed by atoms with Crippen molar-refractivity contribution in [1.82, 2.24) is 15.1 Å². The monoisotopic (exact) mass is 444 g/mol. The summed E-state index contributed by atoms with van der Waals surface area (Å²) in [6.45, 7) is 1.30. The Labute approximate surface area is 181 Å². The number of unbranched alkanes of at least 4 members (excludes halogenated alkanes) is 1. The van der Waals surface area contributed by atoms with Crippen molar-refractivity contribution >= 4 is 51.4 Å². The van der Waals surface area contributed by atoms with Crippen LogP contribution in [0.5, 0.6) is 0 Å². The molecule has 3 heterocycles. The van der Waals surface area contributed by atoms with E-state index in [4.69, 9.17) is 0 Å². The molecule has 0 spiro atoms. The molecule has 0 saturated heterocycles. The first-order valence-corrected chi connectivity index (χ1v) is 12.1. The van der Waals surface area contributed by atoms with Crippen LogP contribution in [0.3, 0.4) is 0 Å². The molecule has 150 valence electrons. The fourth-order valence-electron chi connectivity index (χ4n) is 3.06. The van der Waals surface area contributed by atoms with E-state index >= 15 is 0 Å². The van der Waals surface area contributed by atoms with Gasteiger partial charge in [-0.1, -0.05) is 41.3 Å². The van der Waals surface area contributed by atoms with Gasteiger partial charge in [-0.3, -0.25) is 14.5 Å². The van der Waals surface area contributed by atoms with Crippen LogP contribution in [0.1, 0.15) is 38.4 Å². The lowest BCUT2D eigenvalue weighted by molar-refractivity contribution is 0.0652. The summed E-state index contributed by atoms with van der Waals surface area (Å²) in [4.78, 5) is 27.4. The number of thiophene rings is 1. The summed E-state index contributed by atoms with van der Waals surface area (Å²) in [7, 11) is 0. The normalized spacial score (nSPS) is 13.2. The van der Waals surface area contributed by atoms with Crippen LogP contribution in [0, 0.1) is 0 Å². The molecule has 29 heavy (non-hydrogen) atoms. The number of carbonyl (C=O) groups is 2. The highest BCUT2D eigenvalue weighted by atomic mass is 32.2. The highest BCUT2D eigenvalue weighted by molar-refractivity contribution is 8.01. The van der Waals surface area contributed by atoms with Crippen LogP contribution in [-0.2, 0) is 6.42 Å². The number of anilines is 1. The SMILES string of the molecule is O=C1c2ccccc2C(=O)N1CCCCSc1nnc(NCCc2cccs2)s1. The zero-order valence-electron chi connectivity index (χ0n) is 15.7. The number of thioether (sulfide) groups is 1. The van der Waals surface area contributed by atoms with Crippen LogP contribution in [0.15, 0.2) is 46.1 Å². The van der Waals surface area contributed by atoms with Gasteiger partial charge in [0.1, 0.15) is 0 Å². The second kappa shape index (κ2) is 9.51. The smallest absolute Gasteiger partial charge is 0.261 e. The van der Waals surface area contributed by atoms with Crippen LogP contribution in [0.25, 0.3) is 0 Å². The minimum absolute atomic E-state index is 0.180. The van der Waals surface area contributed by atoms with Crippen molar-refractivity contribution < 1.29 is 9.59 Å². The maximum atomic E-state index is 12.3. The fraction of sp³-hybridized carbons (Fsp3) is 0.300. The summed E-state index contributed by atoms with van der Waals surface area (Å²) in [6, 6.07) is 11.2. The number of carbonyl (C=O) groups excluding carboxylic acids is 2. The Balaban J connectivity index is 1.15. The highest BCUT2D eigenvalue weighted by Crippen LogP contribution is 2.27. The van der Waals surface area contributed by atoms with Crippen molar-refractivity contribution in [2.45, 2.75) is 23.6 Å². The molecule has 0 fully saturated rings. The first kappa shape index (κ1) is 20.1. The van der Waals surface area contributed by atoms with Gasteiger partial charge in [-0.05, 0) is 42.8 Å². The predicted octanol–water partition coefficient (Wildman–Crippen LogP) is 4.42. The lowest BCUT2D eigenvalue weighted by Gasteiger charge is -2.13. The summed E-state index contributed by atoms with van der Waals surface area (Å²) < 4.78 is 0.935. The zero-order chi connectivity index (χ0) is 20.1. The van der Waals surface area contributed by atoms with E-state index in [0.717, 1.165) is 41.0 Å². The maximum Gasteiger partial charge on any atom is 0.261 e. The number of amides is 2. The second-order valence-electron chi connectivity index (χ2n) is 6.49. The molecular weight excluding hydrogens is 424 g/mol. The van der Waals surface area contributed by atoms with Gasteiger partial charge in [0.05, 0.1) is 11.1 Å². The van der Waals surface area contributed by atoms with Gasteiger partial charge in [0.15, 0.2) is 4.34 Å². The second-order valence-corrected chi connectivity index (χ2v) is 9.84. The molecule has 6 nitrogen and oxygen atoms in total. The standard InChI is InChI=1S/C20H20N4O2S3/c25-17-15-7-1-2-8-16(15)18(26)24(17)11-3-4-12-28-20-23-22-19(29-20)21-10-9-14-6-5-13-27-14/h1-2,5-8,13H,3-4,9-12H2,(H,21,22). The number of imide groups is 1. The minimum Gasteiger partial charge on any atom is -0.360 e. The van der Waals surface area contributed by atoms with Crippen LogP contribution in [0.4, 0.5) is 5.13 Å². The van der Waals surface area contributed by atoms with E-state index in [1.807, 2.05) is 0 Å². The summed E-state index contributed by atoms with van der Waals surface area (Å²) in [5.74, 6) is 0.522. The molecule has 0 aliphatic carbocycles. The highest BCUT2D eigenvalue weighted by Gasteiger charge is 2.34. The molecule has 0 bridgehead atoms. The van der Waals surface area contributed by atoms with E-state index in [-0.39, 0.29) is 11.8 Å². The Bertz CT molecular complexity index is 952. The van der Waals surface area contributed by atoms with Crippen LogP contribution >= 0.6 is 34.4 Å². The molecule has 9 heteroatoms. The average molecular weight is 445 g/mol. The van der Waals surface area contributed by atoms with E-state index in [1.165, 1.54) is 9.78 Å². The molecule has 0 unspecified atom stereocenters. The summed E-state index contributed by atoms with van der Waals surface area (Å²) >= 11 is 4.99. The molecule has 1 aliphatic rings. The van der Waals surface area contributed by atoms with Gasteiger partial charge >= 0.3 is 0 Å². The molecule has 0 radical (unpaired) electrons. The third kappa shape index (κ3) is 4.85. The number of aromatic nitrogens is 2. The lowest BCUT2D eigenvalue weighted by atomic mass is 10.1. The van der Waals surface area contributed by atoms with E-state index in [2.05, 4.69) is 33.0 Å². The van der Waals surface area contributed by atoms with Gasteiger partial charge in [0.2, 0.25) is 5.13 Å². The number of rotatable bonds is 10. The molecule has 1 aromatic carbocycles. The van der Waals surface area contributed by atoms with E-state index in [1.54, 1.807) is 58.7 Å². The summed E-state index contributed by atoms with van der Waals surface area (Å²) in [6.07, 6.45) is 2.67. The lowest BCUT2D eigenvalue weighted by Crippen LogP contribution is -2.30. The van der Waals surface area contributed by atoms with Gasteiger partial charge in [0.25, 0.3) is 11.8 Å². The molecule has 0 atom stereocenters. The molecule has 3 aromatic rings. The maximum absolute atomic E-state index is 12.3. The predicted molar refractivity (Wildman–Crippen MR) is 118 cm³/mol. The van der Waals surface area contributed by atoms with Gasteiger partial charge in [-0.2, -0.15) is 0 Å². The average Bonchev–Trinajstić information content (AvgIpc) is 3.46. The summed E-state index contributed by atoms with van der Waals surface area (Å²) in [5, 5.41) is 14.6. The Morgan fingerprint density at radius 2 is 1.79 bits per heavy atom. The van der Waals surface area contributed by atoms with Crippen molar-refractivity contribution in [2.75, 3.05) is 24.2 Å². The largest absolute Gasteiger partial charge is 0.360 e. The van der Waals surface area contributed by atoms with Crippen molar-refractivity contribution in [3.05, 3.63) is 57.8 Å². The number of fused-ring (bicyclic) bond motifs is 1. The van der Waals surface area contributed by atoms with E-state index < -0.39 is 0 Å². The third-order valence-electron chi connectivity index (χ3n) is 4.51. The van der Waals surface area contributed by atoms with Crippen LogP contribution in [0.2, 0.25) is 0 Å². The molecule has 1 aliphatic heterocycles. The molecule has 1 N–H and O–H groups in total. The minimum atomic E-state index is -0.180. The molecule has 0 saturated carbocycles. The topological polar surface area (TPSA) is 75.2 Å². The Kier molecular flexibility index (Phi) is 6.58. The van der Waals surface area contributed by atoms with Crippen molar-refractivity contribution in [3.63, 3.8) is 0 Å². The first-order valence-electron chi connectivity index (χ1n) is 9.40. The molecule has 4 rings (SSSR count). The van der Waals surface area contributed by atoms with Gasteiger partial charge in [-0.15, -0.1) is 21.5 Å².